The predicted octanol–water partition coefficient (Wildman–Crippen LogP) is 10.5. The van der Waals surface area contributed by atoms with Crippen LogP contribution in [-0.2, 0) is 9.53 Å². The zero-order chi connectivity index (χ0) is 32.6. The Bertz CT molecular complexity index is 1360. The van der Waals surface area contributed by atoms with Gasteiger partial charge < -0.3 is 14.9 Å². The van der Waals surface area contributed by atoms with Gasteiger partial charge in [0.1, 0.15) is 6.10 Å². The summed E-state index contributed by atoms with van der Waals surface area (Å²) in [5.41, 5.74) is 3.74. The van der Waals surface area contributed by atoms with E-state index in [0.29, 0.717) is 39.1 Å². The largest absolute Gasteiger partial charge is 0.504 e. The third-order valence-corrected chi connectivity index (χ3v) is 15.6. The van der Waals surface area contributed by atoms with Crippen LogP contribution in [0.3, 0.4) is 0 Å². The van der Waals surface area contributed by atoms with Crippen molar-refractivity contribution in [3.8, 4) is 11.5 Å². The van der Waals surface area contributed by atoms with E-state index in [1.54, 1.807) is 12.1 Å². The summed E-state index contributed by atoms with van der Waals surface area (Å²) >= 11 is 0. The fourth-order valence-electron chi connectivity index (χ4n) is 13.0. The van der Waals surface area contributed by atoms with Crippen LogP contribution in [0.5, 0.6) is 11.5 Å². The highest BCUT2D eigenvalue weighted by atomic mass is 16.5. The molecule has 0 radical (unpaired) electrons. The van der Waals surface area contributed by atoms with Crippen molar-refractivity contribution < 1.29 is 19.7 Å². The van der Waals surface area contributed by atoms with Gasteiger partial charge in [-0.05, 0) is 159 Å². The molecular formula is C41H60O4. The highest BCUT2D eigenvalue weighted by Crippen LogP contribution is 2.89. The first-order chi connectivity index (χ1) is 21.1. The first-order valence-electron chi connectivity index (χ1n) is 18.2. The molecule has 2 spiro atoms. The molecule has 0 bridgehead atoms. The van der Waals surface area contributed by atoms with Crippen molar-refractivity contribution in [2.24, 2.45) is 56.7 Å². The van der Waals surface area contributed by atoms with Gasteiger partial charge in [-0.15, -0.1) is 0 Å². The number of aromatic hydroxyl groups is 2. The molecule has 0 aliphatic heterocycles. The third-order valence-electron chi connectivity index (χ3n) is 15.6. The molecule has 4 nitrogen and oxygen atoms in total. The fraction of sp³-hybridized carbons (Fsp3) is 0.732. The van der Waals surface area contributed by atoms with Crippen LogP contribution in [0.4, 0.5) is 0 Å². The number of carbonyl (C=O) groups is 1. The molecule has 5 aliphatic rings. The van der Waals surface area contributed by atoms with Gasteiger partial charge in [-0.25, -0.2) is 4.79 Å². The molecule has 0 amide bonds. The summed E-state index contributed by atoms with van der Waals surface area (Å²) in [4.78, 5) is 13.0. The lowest BCUT2D eigenvalue weighted by Gasteiger charge is -2.63. The lowest BCUT2D eigenvalue weighted by Crippen LogP contribution is -2.58. The van der Waals surface area contributed by atoms with Gasteiger partial charge in [0.25, 0.3) is 0 Å². The summed E-state index contributed by atoms with van der Waals surface area (Å²) in [5.74, 6) is 3.03. The second kappa shape index (κ2) is 11.2. The topological polar surface area (TPSA) is 66.8 Å². The number of carbonyl (C=O) groups excluding carboxylic acids is 1. The van der Waals surface area contributed by atoms with Gasteiger partial charge in [0.2, 0.25) is 0 Å². The summed E-state index contributed by atoms with van der Waals surface area (Å²) in [6.45, 7) is 21.6. The molecule has 2 N–H and O–H groups in total. The minimum atomic E-state index is -0.323. The molecule has 0 saturated heterocycles. The van der Waals surface area contributed by atoms with Crippen molar-refractivity contribution in [3.05, 3.63) is 42.0 Å². The van der Waals surface area contributed by atoms with Crippen molar-refractivity contribution in [2.75, 3.05) is 0 Å². The maximum Gasteiger partial charge on any atom is 0.331 e. The molecule has 10 unspecified atom stereocenters. The second-order valence-corrected chi connectivity index (χ2v) is 17.5. The molecular weight excluding hydrogens is 556 g/mol. The van der Waals surface area contributed by atoms with Crippen molar-refractivity contribution in [1.82, 2.24) is 0 Å². The Morgan fingerprint density at radius 3 is 2.36 bits per heavy atom. The summed E-state index contributed by atoms with van der Waals surface area (Å²) in [6.07, 6.45) is 18.6. The Hall–Kier alpha value is -2.23. The first-order valence-corrected chi connectivity index (χ1v) is 18.2. The van der Waals surface area contributed by atoms with Gasteiger partial charge in [0.15, 0.2) is 11.5 Å². The number of phenols is 2. The van der Waals surface area contributed by atoms with E-state index in [-0.39, 0.29) is 29.0 Å². The number of hydrogen-bond donors (Lipinski definition) is 2. The minimum Gasteiger partial charge on any atom is -0.504 e. The molecule has 0 heterocycles. The smallest absolute Gasteiger partial charge is 0.331 e. The standard InChI is InChI=1S/C41H60O4/c1-9-29(26(2)3)13-10-27(4)30-18-20-39(8)34-16-15-33-37(5,6)35(19-21-40(33)25-41(34,40)23-22-38(30,39)7)45-36(44)17-12-28-11-14-31(42)32(43)24-28/h11-12,14,17,24,27,29-30,33-35,42-43H,2,9-10,13,15-16,18-23,25H2,1,3-8H3. The van der Waals surface area contributed by atoms with E-state index in [1.807, 2.05) is 0 Å². The zero-order valence-electron chi connectivity index (χ0n) is 29.3. The van der Waals surface area contributed by atoms with E-state index in [4.69, 9.17) is 4.74 Å². The monoisotopic (exact) mass is 616 g/mol. The van der Waals surface area contributed by atoms with Crippen molar-refractivity contribution in [2.45, 2.75) is 132 Å². The summed E-state index contributed by atoms with van der Waals surface area (Å²) < 4.78 is 6.19. The molecule has 5 fully saturated rings. The lowest BCUT2D eigenvalue weighted by molar-refractivity contribution is -0.179. The van der Waals surface area contributed by atoms with E-state index in [0.717, 1.165) is 24.2 Å². The van der Waals surface area contributed by atoms with Crippen LogP contribution in [0.1, 0.15) is 131 Å². The lowest BCUT2D eigenvalue weighted by atomic mass is 9.41. The molecule has 5 aliphatic carbocycles. The predicted molar refractivity (Wildman–Crippen MR) is 183 cm³/mol. The highest BCUT2D eigenvalue weighted by Gasteiger charge is 2.82. The molecule has 10 atom stereocenters. The van der Waals surface area contributed by atoms with Crippen molar-refractivity contribution in [1.29, 1.82) is 0 Å². The summed E-state index contributed by atoms with van der Waals surface area (Å²) in [6, 6.07) is 4.55. The van der Waals surface area contributed by atoms with Crippen LogP contribution in [0.15, 0.2) is 36.4 Å². The quantitative estimate of drug-likeness (QED) is 0.125. The van der Waals surface area contributed by atoms with Crippen LogP contribution in [0.25, 0.3) is 6.08 Å². The summed E-state index contributed by atoms with van der Waals surface area (Å²) in [7, 11) is 0. The number of phenolic OH excluding ortho intramolecular Hbond substituents is 2. The van der Waals surface area contributed by atoms with E-state index in [1.165, 1.54) is 94.4 Å². The van der Waals surface area contributed by atoms with E-state index in [9.17, 15) is 15.0 Å². The minimum absolute atomic E-state index is 0.0551. The zero-order valence-corrected chi connectivity index (χ0v) is 29.3. The van der Waals surface area contributed by atoms with Gasteiger partial charge >= 0.3 is 5.97 Å². The van der Waals surface area contributed by atoms with Gasteiger partial charge in [0, 0.05) is 11.5 Å². The van der Waals surface area contributed by atoms with Crippen LogP contribution < -0.4 is 0 Å². The molecule has 5 saturated carbocycles. The fourth-order valence-corrected chi connectivity index (χ4v) is 13.0. The molecule has 4 heteroatoms. The van der Waals surface area contributed by atoms with Crippen LogP contribution in [-0.4, -0.2) is 22.3 Å². The molecule has 1 aromatic carbocycles. The Morgan fingerprint density at radius 2 is 1.67 bits per heavy atom. The number of fused-ring (bicyclic) bond motifs is 2. The van der Waals surface area contributed by atoms with Crippen LogP contribution in [0, 0.1) is 56.7 Å². The molecule has 248 valence electrons. The number of rotatable bonds is 9. The Balaban J connectivity index is 1.15. The number of allylic oxidation sites excluding steroid dienone is 1. The van der Waals surface area contributed by atoms with Gasteiger partial charge in [-0.3, -0.25) is 0 Å². The second-order valence-electron chi connectivity index (χ2n) is 17.5. The van der Waals surface area contributed by atoms with Crippen molar-refractivity contribution >= 4 is 12.0 Å². The van der Waals surface area contributed by atoms with Crippen LogP contribution >= 0.6 is 0 Å². The van der Waals surface area contributed by atoms with Crippen LogP contribution in [0.2, 0.25) is 0 Å². The SMILES string of the molecule is C=C(C)C(CC)CCC(C)C1CCC2(C)C3CCC4C(C)(C)C(OC(=O)C=Cc5ccc(O)c(O)c5)CCC45CC35CCC12C. The molecule has 0 aromatic heterocycles. The Labute approximate surface area is 273 Å². The first kappa shape index (κ1) is 32.7. The highest BCUT2D eigenvalue weighted by molar-refractivity contribution is 5.87. The molecule has 45 heavy (non-hydrogen) atoms. The van der Waals surface area contributed by atoms with Gasteiger partial charge in [-0.1, -0.05) is 59.8 Å². The van der Waals surface area contributed by atoms with E-state index in [2.05, 4.69) is 55.0 Å². The molecule has 6 rings (SSSR count). The average molecular weight is 617 g/mol. The molecule has 1 aromatic rings. The summed E-state index contributed by atoms with van der Waals surface area (Å²) in [5, 5.41) is 19.4. The maximum absolute atomic E-state index is 13.0. The normalized spacial score (nSPS) is 40.9. The number of benzene rings is 1. The number of hydrogen-bond acceptors (Lipinski definition) is 4. The van der Waals surface area contributed by atoms with Crippen molar-refractivity contribution in [3.63, 3.8) is 0 Å². The van der Waals surface area contributed by atoms with Gasteiger partial charge in [0.05, 0.1) is 0 Å². The number of esters is 1. The van der Waals surface area contributed by atoms with E-state index < -0.39 is 0 Å². The Morgan fingerprint density at radius 1 is 0.956 bits per heavy atom. The maximum atomic E-state index is 13.0. The third kappa shape index (κ3) is 4.85. The number of ether oxygens (including phenoxy) is 1. The van der Waals surface area contributed by atoms with E-state index >= 15 is 0 Å². The van der Waals surface area contributed by atoms with Gasteiger partial charge in [-0.2, -0.15) is 0 Å². The average Bonchev–Trinajstić information content (AvgIpc) is 3.57. The Kier molecular flexibility index (Phi) is 8.13.